The number of carbonyl (C=O) groups excluding carboxylic acids is 1. The first-order chi connectivity index (χ1) is 10.2. The molecule has 5 heteroatoms. The van der Waals surface area contributed by atoms with E-state index in [1.807, 2.05) is 7.05 Å². The molecular weight excluding hydrogens is 303 g/mol. The summed E-state index contributed by atoms with van der Waals surface area (Å²) < 4.78 is 13.1. The van der Waals surface area contributed by atoms with Crippen LogP contribution in [0.15, 0.2) is 18.2 Å². The predicted molar refractivity (Wildman–Crippen MR) is 87.6 cm³/mol. The van der Waals surface area contributed by atoms with E-state index in [9.17, 15) is 9.18 Å². The average molecular weight is 327 g/mol. The van der Waals surface area contributed by atoms with Crippen molar-refractivity contribution >= 4 is 17.5 Å². The van der Waals surface area contributed by atoms with E-state index in [1.54, 1.807) is 11.0 Å². The molecule has 0 bridgehead atoms. The Labute approximate surface area is 137 Å². The molecule has 1 aliphatic heterocycles. The molecule has 2 rings (SSSR count). The molecule has 1 aliphatic rings. The maximum Gasteiger partial charge on any atom is 0.226 e. The quantitative estimate of drug-likeness (QED) is 0.848. The van der Waals surface area contributed by atoms with Gasteiger partial charge >= 0.3 is 0 Å². The lowest BCUT2D eigenvalue weighted by Gasteiger charge is -2.35. The summed E-state index contributed by atoms with van der Waals surface area (Å²) >= 11 is 6.00. The number of carbonyl (C=O) groups is 1. The van der Waals surface area contributed by atoms with Crippen LogP contribution in [-0.4, -0.2) is 48.4 Å². The average Bonchev–Trinajstić information content (AvgIpc) is 2.68. The second-order valence-corrected chi connectivity index (χ2v) is 7.15. The summed E-state index contributed by atoms with van der Waals surface area (Å²) in [5.74, 6) is 0.0827. The summed E-state index contributed by atoms with van der Waals surface area (Å²) in [6, 6.07) is 4.17. The molecule has 1 fully saturated rings. The van der Waals surface area contributed by atoms with Crippen LogP contribution in [0, 0.1) is 11.7 Å². The highest BCUT2D eigenvalue weighted by molar-refractivity contribution is 6.31. The summed E-state index contributed by atoms with van der Waals surface area (Å²) in [4.78, 5) is 16.5. The zero-order chi connectivity index (χ0) is 16.5. The highest BCUT2D eigenvalue weighted by Gasteiger charge is 2.39. The van der Waals surface area contributed by atoms with Gasteiger partial charge in [-0.2, -0.15) is 0 Å². The molecular formula is C17H24ClFN2O. The Hall–Kier alpha value is -1.13. The molecule has 0 radical (unpaired) electrons. The number of amides is 1. The smallest absolute Gasteiger partial charge is 0.226 e. The van der Waals surface area contributed by atoms with Crippen molar-refractivity contribution in [3.8, 4) is 0 Å². The third kappa shape index (κ3) is 3.61. The molecule has 1 aromatic carbocycles. The molecule has 0 aliphatic carbocycles. The Kier molecular flexibility index (Phi) is 5.13. The van der Waals surface area contributed by atoms with Gasteiger partial charge in [0.2, 0.25) is 5.91 Å². The lowest BCUT2D eigenvalue weighted by Crippen LogP contribution is -2.45. The van der Waals surface area contributed by atoms with E-state index in [1.165, 1.54) is 12.1 Å². The summed E-state index contributed by atoms with van der Waals surface area (Å²) in [5.41, 5.74) is 0.768. The van der Waals surface area contributed by atoms with Crippen LogP contribution in [0.2, 0.25) is 5.02 Å². The summed E-state index contributed by atoms with van der Waals surface area (Å²) in [5, 5.41) is 0.308. The van der Waals surface area contributed by atoms with E-state index in [0.29, 0.717) is 16.5 Å². The number of hydrogen-bond acceptors (Lipinski definition) is 2. The normalized spacial score (nSPS) is 21.1. The fourth-order valence-corrected chi connectivity index (χ4v) is 3.25. The van der Waals surface area contributed by atoms with Crippen molar-refractivity contribution in [2.45, 2.75) is 32.2 Å². The van der Waals surface area contributed by atoms with Crippen LogP contribution in [-0.2, 0) is 11.2 Å². The van der Waals surface area contributed by atoms with Crippen molar-refractivity contribution in [2.24, 2.45) is 5.92 Å². The van der Waals surface area contributed by atoms with Crippen molar-refractivity contribution in [3.63, 3.8) is 0 Å². The van der Waals surface area contributed by atoms with Gasteiger partial charge in [-0.15, -0.1) is 0 Å². The number of benzene rings is 1. The van der Waals surface area contributed by atoms with E-state index in [2.05, 4.69) is 25.8 Å². The number of likely N-dealkylation sites (tertiary alicyclic amines) is 1. The molecule has 0 N–H and O–H groups in total. The monoisotopic (exact) mass is 326 g/mol. The summed E-state index contributed by atoms with van der Waals surface area (Å²) in [6.45, 7) is 6.23. The third-order valence-corrected chi connectivity index (χ3v) is 5.42. The minimum atomic E-state index is -0.384. The minimum absolute atomic E-state index is 0.0128. The molecule has 1 saturated heterocycles. The van der Waals surface area contributed by atoms with E-state index in [4.69, 9.17) is 11.6 Å². The molecule has 1 aromatic rings. The molecule has 0 unspecified atom stereocenters. The Balaban J connectivity index is 1.98. The van der Waals surface area contributed by atoms with Gasteiger partial charge in [-0.25, -0.2) is 4.39 Å². The van der Waals surface area contributed by atoms with Crippen molar-refractivity contribution in [3.05, 3.63) is 34.6 Å². The maximum absolute atomic E-state index is 13.1. The van der Waals surface area contributed by atoms with Crippen LogP contribution < -0.4 is 0 Å². The molecule has 22 heavy (non-hydrogen) atoms. The number of likely N-dealkylation sites (N-methyl/N-ethyl adjacent to an activating group) is 1. The molecule has 0 saturated carbocycles. The fourth-order valence-electron chi connectivity index (χ4n) is 3.01. The second-order valence-electron chi connectivity index (χ2n) is 6.75. The first kappa shape index (κ1) is 17.2. The standard InChI is InChI=1S/C17H24ClFN2O/c1-17(2)13(7-8-21(17)4)11-20(3)16(22)9-12-5-6-14(19)10-15(12)18/h5-6,10,13H,7-9,11H2,1-4H3/t13-/m0/s1. The number of halogens is 2. The molecule has 0 aromatic heterocycles. The topological polar surface area (TPSA) is 23.6 Å². The zero-order valence-electron chi connectivity index (χ0n) is 13.7. The van der Waals surface area contributed by atoms with Crippen molar-refractivity contribution < 1.29 is 9.18 Å². The molecule has 0 spiro atoms. The molecule has 3 nitrogen and oxygen atoms in total. The van der Waals surface area contributed by atoms with Crippen molar-refractivity contribution in [1.29, 1.82) is 0 Å². The first-order valence-electron chi connectivity index (χ1n) is 7.61. The molecule has 122 valence electrons. The third-order valence-electron chi connectivity index (χ3n) is 5.07. The van der Waals surface area contributed by atoms with Gasteiger partial charge in [0.25, 0.3) is 0 Å². The second kappa shape index (κ2) is 6.55. The molecule has 1 heterocycles. The summed E-state index contributed by atoms with van der Waals surface area (Å²) in [6.07, 6.45) is 1.30. The number of hydrogen-bond donors (Lipinski definition) is 0. The van der Waals surface area contributed by atoms with Crippen LogP contribution in [0.3, 0.4) is 0 Å². The van der Waals surface area contributed by atoms with Crippen molar-refractivity contribution in [2.75, 3.05) is 27.2 Å². The van der Waals surface area contributed by atoms with Gasteiger partial charge in [-0.05, 0) is 57.5 Å². The van der Waals surface area contributed by atoms with Crippen LogP contribution in [0.5, 0.6) is 0 Å². The lowest BCUT2D eigenvalue weighted by atomic mass is 9.88. The van der Waals surface area contributed by atoms with Gasteiger partial charge in [-0.1, -0.05) is 17.7 Å². The highest BCUT2D eigenvalue weighted by atomic mass is 35.5. The van der Waals surface area contributed by atoms with Crippen LogP contribution in [0.25, 0.3) is 0 Å². The predicted octanol–water partition coefficient (Wildman–Crippen LogP) is 3.21. The van der Waals surface area contributed by atoms with Gasteiger partial charge in [0.05, 0.1) is 6.42 Å². The van der Waals surface area contributed by atoms with Gasteiger partial charge in [-0.3, -0.25) is 4.79 Å². The largest absolute Gasteiger partial charge is 0.345 e. The summed E-state index contributed by atoms with van der Waals surface area (Å²) in [7, 11) is 3.95. The lowest BCUT2D eigenvalue weighted by molar-refractivity contribution is -0.130. The Bertz CT molecular complexity index is 562. The maximum atomic E-state index is 13.1. The van der Waals surface area contributed by atoms with Crippen LogP contribution >= 0.6 is 11.6 Å². The van der Waals surface area contributed by atoms with E-state index >= 15 is 0 Å². The highest BCUT2D eigenvalue weighted by Crippen LogP contribution is 2.33. The van der Waals surface area contributed by atoms with Crippen LogP contribution in [0.1, 0.15) is 25.8 Å². The minimum Gasteiger partial charge on any atom is -0.345 e. The number of nitrogens with zero attached hydrogens (tertiary/aromatic N) is 2. The van der Waals surface area contributed by atoms with Gasteiger partial charge in [0.1, 0.15) is 5.82 Å². The van der Waals surface area contributed by atoms with E-state index in [0.717, 1.165) is 19.5 Å². The number of rotatable bonds is 4. The fraction of sp³-hybridized carbons (Fsp3) is 0.588. The SMILES string of the molecule is CN(C[C@@H]1CCN(C)C1(C)C)C(=O)Cc1ccc(F)cc1Cl. The van der Waals surface area contributed by atoms with Gasteiger partial charge in [0.15, 0.2) is 0 Å². The Morgan fingerprint density at radius 1 is 1.50 bits per heavy atom. The molecule has 1 atom stereocenters. The van der Waals surface area contributed by atoms with Crippen molar-refractivity contribution in [1.82, 2.24) is 9.80 Å². The van der Waals surface area contributed by atoms with Gasteiger partial charge in [0, 0.05) is 24.2 Å². The Morgan fingerprint density at radius 3 is 2.73 bits per heavy atom. The van der Waals surface area contributed by atoms with Gasteiger partial charge < -0.3 is 9.80 Å². The zero-order valence-corrected chi connectivity index (χ0v) is 14.5. The first-order valence-corrected chi connectivity index (χ1v) is 7.98. The molecule has 1 amide bonds. The van der Waals surface area contributed by atoms with Crippen LogP contribution in [0.4, 0.5) is 4.39 Å². The van der Waals surface area contributed by atoms with E-state index in [-0.39, 0.29) is 23.7 Å². The van der Waals surface area contributed by atoms with E-state index < -0.39 is 0 Å². The Morgan fingerprint density at radius 2 is 2.18 bits per heavy atom.